The molecule has 2 aromatic rings. The van der Waals surface area contributed by atoms with Crippen molar-refractivity contribution in [2.24, 2.45) is 5.10 Å². The first kappa shape index (κ1) is 14.1. The zero-order valence-electron chi connectivity index (χ0n) is 10.5. The molecule has 0 amide bonds. The molecule has 0 radical (unpaired) electrons. The summed E-state index contributed by atoms with van der Waals surface area (Å²) in [6.07, 6.45) is 0. The monoisotopic (exact) mass is 336 g/mol. The number of rotatable bonds is 4. The SMILES string of the molecule is C/C(=N/NCc1ccccc1Cl)c1ccc(Br)cc1. The maximum Gasteiger partial charge on any atom is 0.0644 e. The second kappa shape index (κ2) is 6.73. The number of hydrogen-bond donors (Lipinski definition) is 1. The van der Waals surface area contributed by atoms with E-state index >= 15 is 0 Å². The van der Waals surface area contributed by atoms with Crippen LogP contribution in [0.2, 0.25) is 5.02 Å². The summed E-state index contributed by atoms with van der Waals surface area (Å²) in [6.45, 7) is 2.59. The Bertz CT molecular complexity index is 579. The highest BCUT2D eigenvalue weighted by Crippen LogP contribution is 2.14. The molecule has 2 rings (SSSR count). The predicted octanol–water partition coefficient (Wildman–Crippen LogP) is 4.62. The summed E-state index contributed by atoms with van der Waals surface area (Å²) in [5.41, 5.74) is 6.12. The van der Waals surface area contributed by atoms with E-state index in [-0.39, 0.29) is 0 Å². The number of nitrogens with zero attached hydrogens (tertiary/aromatic N) is 1. The maximum absolute atomic E-state index is 6.08. The average molecular weight is 338 g/mol. The van der Waals surface area contributed by atoms with Crippen LogP contribution in [0.15, 0.2) is 58.1 Å². The van der Waals surface area contributed by atoms with E-state index in [0.29, 0.717) is 6.54 Å². The first-order chi connectivity index (χ1) is 9.16. The molecule has 0 atom stereocenters. The molecular weight excluding hydrogens is 324 g/mol. The van der Waals surface area contributed by atoms with Gasteiger partial charge < -0.3 is 5.43 Å². The van der Waals surface area contributed by atoms with Gasteiger partial charge in [0.15, 0.2) is 0 Å². The van der Waals surface area contributed by atoms with Gasteiger partial charge in [0.25, 0.3) is 0 Å². The van der Waals surface area contributed by atoms with E-state index in [0.717, 1.165) is 26.3 Å². The maximum atomic E-state index is 6.08. The molecule has 2 aromatic carbocycles. The average Bonchev–Trinajstić information content (AvgIpc) is 2.41. The topological polar surface area (TPSA) is 24.4 Å². The molecular formula is C15H14BrClN2. The van der Waals surface area contributed by atoms with E-state index in [1.165, 1.54) is 0 Å². The van der Waals surface area contributed by atoms with Gasteiger partial charge in [0.2, 0.25) is 0 Å². The molecule has 0 spiro atoms. The molecule has 0 aliphatic rings. The van der Waals surface area contributed by atoms with Crippen molar-refractivity contribution in [1.29, 1.82) is 0 Å². The molecule has 0 heterocycles. The fourth-order valence-corrected chi connectivity index (χ4v) is 2.11. The first-order valence-corrected chi connectivity index (χ1v) is 7.10. The minimum Gasteiger partial charge on any atom is -0.305 e. The molecule has 98 valence electrons. The van der Waals surface area contributed by atoms with Crippen LogP contribution in [0, 0.1) is 0 Å². The Labute approximate surface area is 126 Å². The van der Waals surface area contributed by atoms with Crippen LogP contribution >= 0.6 is 27.5 Å². The van der Waals surface area contributed by atoms with Crippen LogP contribution in [0.5, 0.6) is 0 Å². The molecule has 0 saturated heterocycles. The van der Waals surface area contributed by atoms with Gasteiger partial charge in [-0.05, 0) is 36.2 Å². The molecule has 19 heavy (non-hydrogen) atoms. The summed E-state index contributed by atoms with van der Waals surface area (Å²) in [4.78, 5) is 0. The summed E-state index contributed by atoms with van der Waals surface area (Å²) < 4.78 is 1.06. The smallest absolute Gasteiger partial charge is 0.0644 e. The summed E-state index contributed by atoms with van der Waals surface area (Å²) >= 11 is 9.50. The number of halogens is 2. The normalized spacial score (nSPS) is 11.4. The fourth-order valence-electron chi connectivity index (χ4n) is 1.64. The highest BCUT2D eigenvalue weighted by Gasteiger charge is 1.99. The standard InChI is InChI=1S/C15H14BrClN2/c1-11(12-6-8-14(16)9-7-12)19-18-10-13-4-2-3-5-15(13)17/h2-9,18H,10H2,1H3/b19-11-. The summed E-state index contributed by atoms with van der Waals surface area (Å²) in [5.74, 6) is 0. The van der Waals surface area contributed by atoms with E-state index in [1.807, 2.05) is 55.5 Å². The minimum absolute atomic E-state index is 0.619. The third-order valence-corrected chi connectivity index (χ3v) is 3.63. The van der Waals surface area contributed by atoms with Crippen molar-refractivity contribution in [2.45, 2.75) is 13.5 Å². The van der Waals surface area contributed by atoms with Gasteiger partial charge in [-0.15, -0.1) is 0 Å². The van der Waals surface area contributed by atoms with Gasteiger partial charge in [0, 0.05) is 9.50 Å². The quantitative estimate of drug-likeness (QED) is 0.639. The van der Waals surface area contributed by atoms with Crippen LogP contribution in [0.1, 0.15) is 18.1 Å². The second-order valence-corrected chi connectivity index (χ2v) is 5.45. The molecule has 0 aliphatic carbocycles. The van der Waals surface area contributed by atoms with Gasteiger partial charge >= 0.3 is 0 Å². The van der Waals surface area contributed by atoms with Crippen molar-refractivity contribution in [3.8, 4) is 0 Å². The second-order valence-electron chi connectivity index (χ2n) is 4.13. The summed E-state index contributed by atoms with van der Waals surface area (Å²) in [5, 5.41) is 5.11. The number of hydrazone groups is 1. The number of nitrogens with one attached hydrogen (secondary N) is 1. The highest BCUT2D eigenvalue weighted by atomic mass is 79.9. The lowest BCUT2D eigenvalue weighted by Gasteiger charge is -2.05. The Morgan fingerprint density at radius 1 is 1.16 bits per heavy atom. The van der Waals surface area contributed by atoms with Crippen LogP contribution in [-0.2, 0) is 6.54 Å². The van der Waals surface area contributed by atoms with Gasteiger partial charge in [-0.1, -0.05) is 57.9 Å². The van der Waals surface area contributed by atoms with E-state index in [2.05, 4.69) is 26.5 Å². The molecule has 4 heteroatoms. The van der Waals surface area contributed by atoms with Crippen LogP contribution in [0.25, 0.3) is 0 Å². The van der Waals surface area contributed by atoms with E-state index in [1.54, 1.807) is 0 Å². The van der Waals surface area contributed by atoms with Crippen LogP contribution in [-0.4, -0.2) is 5.71 Å². The minimum atomic E-state index is 0.619. The molecule has 2 nitrogen and oxygen atoms in total. The zero-order chi connectivity index (χ0) is 13.7. The Morgan fingerprint density at radius 2 is 1.84 bits per heavy atom. The Hall–Kier alpha value is -1.32. The van der Waals surface area contributed by atoms with Crippen LogP contribution < -0.4 is 5.43 Å². The van der Waals surface area contributed by atoms with Crippen molar-refractivity contribution in [2.75, 3.05) is 0 Å². The molecule has 0 bridgehead atoms. The third kappa shape index (κ3) is 4.08. The first-order valence-electron chi connectivity index (χ1n) is 5.93. The lowest BCUT2D eigenvalue weighted by Crippen LogP contribution is -2.09. The van der Waals surface area contributed by atoms with Crippen molar-refractivity contribution in [3.05, 3.63) is 69.2 Å². The molecule has 0 aromatic heterocycles. The van der Waals surface area contributed by atoms with Crippen molar-refractivity contribution in [3.63, 3.8) is 0 Å². The van der Waals surface area contributed by atoms with Crippen molar-refractivity contribution >= 4 is 33.2 Å². The van der Waals surface area contributed by atoms with E-state index < -0.39 is 0 Å². The largest absolute Gasteiger partial charge is 0.305 e. The highest BCUT2D eigenvalue weighted by molar-refractivity contribution is 9.10. The number of hydrogen-bond acceptors (Lipinski definition) is 2. The lowest BCUT2D eigenvalue weighted by atomic mass is 10.1. The Balaban J connectivity index is 1.99. The van der Waals surface area contributed by atoms with Crippen molar-refractivity contribution in [1.82, 2.24) is 5.43 Å². The third-order valence-electron chi connectivity index (χ3n) is 2.74. The number of benzene rings is 2. The molecule has 0 fully saturated rings. The van der Waals surface area contributed by atoms with Gasteiger partial charge in [-0.3, -0.25) is 0 Å². The Morgan fingerprint density at radius 3 is 2.53 bits per heavy atom. The van der Waals surface area contributed by atoms with E-state index in [9.17, 15) is 0 Å². The van der Waals surface area contributed by atoms with Gasteiger partial charge in [-0.2, -0.15) is 5.10 Å². The zero-order valence-corrected chi connectivity index (χ0v) is 12.9. The molecule has 0 unspecified atom stereocenters. The molecule has 0 saturated carbocycles. The van der Waals surface area contributed by atoms with Gasteiger partial charge in [0.05, 0.1) is 12.3 Å². The summed E-state index contributed by atoms with van der Waals surface area (Å²) in [6, 6.07) is 15.8. The van der Waals surface area contributed by atoms with Gasteiger partial charge in [0.1, 0.15) is 0 Å². The van der Waals surface area contributed by atoms with Crippen LogP contribution in [0.4, 0.5) is 0 Å². The van der Waals surface area contributed by atoms with Gasteiger partial charge in [-0.25, -0.2) is 0 Å². The predicted molar refractivity (Wildman–Crippen MR) is 84.6 cm³/mol. The Kier molecular flexibility index (Phi) is 5.00. The molecule has 0 aliphatic heterocycles. The summed E-state index contributed by atoms with van der Waals surface area (Å²) in [7, 11) is 0. The fraction of sp³-hybridized carbons (Fsp3) is 0.133. The lowest BCUT2D eigenvalue weighted by molar-refractivity contribution is 0.744. The van der Waals surface area contributed by atoms with E-state index in [4.69, 9.17) is 11.6 Å². The van der Waals surface area contributed by atoms with Crippen molar-refractivity contribution < 1.29 is 0 Å². The molecule has 1 N–H and O–H groups in total. The van der Waals surface area contributed by atoms with Crippen LogP contribution in [0.3, 0.4) is 0 Å².